The van der Waals surface area contributed by atoms with E-state index < -0.39 is 0 Å². The summed E-state index contributed by atoms with van der Waals surface area (Å²) in [4.78, 5) is 29.5. The molecule has 0 aliphatic carbocycles. The number of hydrogen-bond donors (Lipinski definition) is 2. The monoisotopic (exact) mass is 808 g/mol. The van der Waals surface area contributed by atoms with Gasteiger partial charge in [0.15, 0.2) is 0 Å². The van der Waals surface area contributed by atoms with Gasteiger partial charge in [0.25, 0.3) is 0 Å². The van der Waals surface area contributed by atoms with Crippen LogP contribution in [0.2, 0.25) is 0 Å². The van der Waals surface area contributed by atoms with Crippen molar-refractivity contribution in [1.29, 1.82) is 0 Å². The first kappa shape index (κ1) is 55.0. The summed E-state index contributed by atoms with van der Waals surface area (Å²) in [6.45, 7) is 11.5. The molecular formula is C48H97N5O4. The van der Waals surface area contributed by atoms with Gasteiger partial charge in [-0.05, 0) is 83.8 Å². The molecule has 3 N–H and O–H groups in total. The second-order valence-electron chi connectivity index (χ2n) is 17.1. The van der Waals surface area contributed by atoms with Gasteiger partial charge in [-0.1, -0.05) is 162 Å². The van der Waals surface area contributed by atoms with Crippen LogP contribution in [0, 0.1) is 0 Å². The molecule has 0 aliphatic heterocycles. The quantitative estimate of drug-likeness (QED) is 0.0157. The van der Waals surface area contributed by atoms with Crippen molar-refractivity contribution in [1.82, 2.24) is 15.1 Å². The Bertz CT molecular complexity index is 886. The molecule has 0 aromatic carbocycles. The Morgan fingerprint density at radius 3 is 1.40 bits per heavy atom. The summed E-state index contributed by atoms with van der Waals surface area (Å²) < 4.78 is 11.5. The van der Waals surface area contributed by atoms with Crippen LogP contribution in [-0.4, -0.2) is 80.7 Å². The number of carbonyl (C=O) groups is 2. The Kier molecular flexibility index (Phi) is 42.0. The highest BCUT2D eigenvalue weighted by atomic mass is 16.5. The van der Waals surface area contributed by atoms with Gasteiger partial charge in [0.2, 0.25) is 5.96 Å². The number of nitrogens with one attached hydrogen (secondary N) is 1. The van der Waals surface area contributed by atoms with Crippen LogP contribution in [0.15, 0.2) is 5.10 Å². The third-order valence-corrected chi connectivity index (χ3v) is 11.3. The predicted molar refractivity (Wildman–Crippen MR) is 245 cm³/mol. The average molecular weight is 808 g/mol. The maximum Gasteiger partial charge on any atom is 0.306 e. The summed E-state index contributed by atoms with van der Waals surface area (Å²) in [5.41, 5.74) is 0. The summed E-state index contributed by atoms with van der Waals surface area (Å²) in [5.74, 6) is 6.25. The van der Waals surface area contributed by atoms with E-state index in [4.69, 9.17) is 15.3 Å². The van der Waals surface area contributed by atoms with Crippen LogP contribution in [0.4, 0.5) is 0 Å². The fourth-order valence-corrected chi connectivity index (χ4v) is 7.56. The minimum atomic E-state index is -0.0240. The van der Waals surface area contributed by atoms with Crippen LogP contribution in [0.1, 0.15) is 239 Å². The Labute approximate surface area is 354 Å². The van der Waals surface area contributed by atoms with Crippen LogP contribution in [0.3, 0.4) is 0 Å². The number of hydrazone groups is 1. The summed E-state index contributed by atoms with van der Waals surface area (Å²) in [7, 11) is 3.89. The second-order valence-corrected chi connectivity index (χ2v) is 17.1. The van der Waals surface area contributed by atoms with Gasteiger partial charge < -0.3 is 30.4 Å². The van der Waals surface area contributed by atoms with Gasteiger partial charge in [0.05, 0.1) is 6.61 Å². The van der Waals surface area contributed by atoms with Gasteiger partial charge in [-0.25, -0.2) is 0 Å². The smallest absolute Gasteiger partial charge is 0.306 e. The maximum atomic E-state index is 12.8. The number of guanidine groups is 1. The van der Waals surface area contributed by atoms with Crippen LogP contribution in [0.25, 0.3) is 0 Å². The highest BCUT2D eigenvalue weighted by Crippen LogP contribution is 2.19. The molecule has 0 spiro atoms. The highest BCUT2D eigenvalue weighted by molar-refractivity contribution is 5.79. The minimum Gasteiger partial charge on any atom is -0.466 e. The van der Waals surface area contributed by atoms with Crippen LogP contribution < -0.4 is 11.2 Å². The molecule has 0 fully saturated rings. The molecular weight excluding hydrogens is 711 g/mol. The molecule has 0 rings (SSSR count). The molecule has 0 aromatic rings. The molecule has 0 bridgehead atoms. The first-order valence-electron chi connectivity index (χ1n) is 24.6. The van der Waals surface area contributed by atoms with Gasteiger partial charge in [0.1, 0.15) is 6.10 Å². The lowest BCUT2D eigenvalue weighted by Gasteiger charge is -2.23. The summed E-state index contributed by atoms with van der Waals surface area (Å²) >= 11 is 0. The SMILES string of the molecule is CCCCCCCCCOC(=O)CCCCCCCN(CCCCCCCC(=O)OC(CCCCCCCC)CCCCCCCC)CCCN/C(=N/N)N(C)C. The first-order valence-corrected chi connectivity index (χ1v) is 24.6. The third kappa shape index (κ3) is 39.2. The van der Waals surface area contributed by atoms with E-state index in [-0.39, 0.29) is 18.0 Å². The maximum absolute atomic E-state index is 12.8. The summed E-state index contributed by atoms with van der Waals surface area (Å²) in [5, 5.41) is 7.20. The van der Waals surface area contributed by atoms with Crippen molar-refractivity contribution in [2.24, 2.45) is 10.9 Å². The summed E-state index contributed by atoms with van der Waals surface area (Å²) in [6.07, 6.45) is 39.5. The van der Waals surface area contributed by atoms with Crippen molar-refractivity contribution in [2.45, 2.75) is 245 Å². The molecule has 0 aliphatic rings. The number of nitrogens with zero attached hydrogens (tertiary/aromatic N) is 3. The van der Waals surface area contributed by atoms with Crippen molar-refractivity contribution in [3.05, 3.63) is 0 Å². The second kappa shape index (κ2) is 43.5. The number of unbranched alkanes of at least 4 members (excludes halogenated alkanes) is 24. The van der Waals surface area contributed by atoms with E-state index in [2.05, 4.69) is 36.1 Å². The highest BCUT2D eigenvalue weighted by Gasteiger charge is 2.14. The van der Waals surface area contributed by atoms with E-state index in [0.717, 1.165) is 77.5 Å². The van der Waals surface area contributed by atoms with E-state index >= 15 is 0 Å². The van der Waals surface area contributed by atoms with Crippen molar-refractivity contribution in [3.63, 3.8) is 0 Å². The van der Waals surface area contributed by atoms with E-state index in [0.29, 0.717) is 25.4 Å². The predicted octanol–water partition coefficient (Wildman–Crippen LogP) is 12.4. The number of esters is 2. The Morgan fingerprint density at radius 1 is 0.526 bits per heavy atom. The largest absolute Gasteiger partial charge is 0.466 e. The van der Waals surface area contributed by atoms with E-state index in [1.54, 1.807) is 0 Å². The molecule has 0 saturated carbocycles. The number of rotatable bonds is 43. The molecule has 0 aromatic heterocycles. The molecule has 9 nitrogen and oxygen atoms in total. The van der Waals surface area contributed by atoms with E-state index in [1.165, 1.54) is 154 Å². The molecule has 0 saturated heterocycles. The topological polar surface area (TPSA) is 109 Å². The number of nitrogens with two attached hydrogens (primary N) is 1. The van der Waals surface area contributed by atoms with Gasteiger partial charge in [-0.3, -0.25) is 9.59 Å². The van der Waals surface area contributed by atoms with Crippen LogP contribution in [-0.2, 0) is 19.1 Å². The van der Waals surface area contributed by atoms with Crippen molar-refractivity contribution in [2.75, 3.05) is 46.9 Å². The van der Waals surface area contributed by atoms with Gasteiger partial charge in [-0.15, -0.1) is 5.10 Å². The standard InChI is InChI=1S/C48H97N5O4/c1-6-9-12-15-18-27-34-44-56-46(54)38-30-23-19-25-32-41-53(43-35-40-50-48(51-49)52(4)5)42-33-26-20-24-31-39-47(55)57-45(36-28-21-16-13-10-7-2)37-29-22-17-14-11-8-3/h45H,6-44,49H2,1-5H3,(H,50,51). The lowest BCUT2D eigenvalue weighted by atomic mass is 10.0. The molecule has 57 heavy (non-hydrogen) atoms. The molecule has 9 heteroatoms. The molecule has 0 amide bonds. The van der Waals surface area contributed by atoms with Crippen molar-refractivity contribution in [3.8, 4) is 0 Å². The molecule has 338 valence electrons. The fraction of sp³-hybridized carbons (Fsp3) is 0.938. The number of hydrogen-bond acceptors (Lipinski definition) is 7. The van der Waals surface area contributed by atoms with Crippen molar-refractivity contribution >= 4 is 17.9 Å². The Morgan fingerprint density at radius 2 is 0.930 bits per heavy atom. The fourth-order valence-electron chi connectivity index (χ4n) is 7.56. The molecule has 0 unspecified atom stereocenters. The molecule has 0 heterocycles. The van der Waals surface area contributed by atoms with Crippen LogP contribution >= 0.6 is 0 Å². The number of ether oxygens (including phenoxy) is 2. The Hall–Kier alpha value is -2.03. The zero-order valence-electron chi connectivity index (χ0n) is 38.7. The number of carbonyl (C=O) groups excluding carboxylic acids is 2. The lowest BCUT2D eigenvalue weighted by molar-refractivity contribution is -0.150. The lowest BCUT2D eigenvalue weighted by Crippen LogP contribution is -2.39. The van der Waals surface area contributed by atoms with Crippen molar-refractivity contribution < 1.29 is 19.1 Å². The summed E-state index contributed by atoms with van der Waals surface area (Å²) in [6, 6.07) is 0. The average Bonchev–Trinajstić information content (AvgIpc) is 3.20. The van der Waals surface area contributed by atoms with Gasteiger partial charge in [-0.2, -0.15) is 0 Å². The van der Waals surface area contributed by atoms with E-state index in [1.807, 2.05) is 19.0 Å². The van der Waals surface area contributed by atoms with Crippen LogP contribution in [0.5, 0.6) is 0 Å². The normalized spacial score (nSPS) is 11.8. The zero-order valence-corrected chi connectivity index (χ0v) is 38.7. The van der Waals surface area contributed by atoms with E-state index in [9.17, 15) is 9.59 Å². The molecule has 0 atom stereocenters. The zero-order chi connectivity index (χ0) is 41.9. The Balaban J connectivity index is 4.42. The van der Waals surface area contributed by atoms with Gasteiger partial charge in [0, 0.05) is 33.5 Å². The minimum absolute atomic E-state index is 0.0209. The molecule has 0 radical (unpaired) electrons. The van der Waals surface area contributed by atoms with Gasteiger partial charge >= 0.3 is 11.9 Å². The third-order valence-electron chi connectivity index (χ3n) is 11.3. The first-order chi connectivity index (χ1) is 27.9.